The minimum atomic E-state index is -0.790. The lowest BCUT2D eigenvalue weighted by atomic mass is 9.78. The predicted octanol–water partition coefficient (Wildman–Crippen LogP) is 1.69. The molecule has 1 rings (SSSR count). The lowest BCUT2D eigenvalue weighted by molar-refractivity contribution is -0.137. The minimum Gasteiger partial charge on any atom is -0.481 e. The Kier molecular flexibility index (Phi) is 4.12. The Morgan fingerprint density at radius 3 is 2.33 bits per heavy atom. The number of hydrogen-bond donors (Lipinski definition) is 2. The van der Waals surface area contributed by atoms with Crippen molar-refractivity contribution in [2.75, 3.05) is 0 Å². The van der Waals surface area contributed by atoms with Crippen LogP contribution in [-0.4, -0.2) is 22.5 Å². The highest BCUT2D eigenvalue weighted by atomic mass is 16.4. The maximum absolute atomic E-state index is 11.4. The van der Waals surface area contributed by atoms with Gasteiger partial charge >= 0.3 is 5.97 Å². The summed E-state index contributed by atoms with van der Waals surface area (Å²) in [7, 11) is 0. The third kappa shape index (κ3) is 4.32. The summed E-state index contributed by atoms with van der Waals surface area (Å²) in [6, 6.07) is 0. The molecule has 0 aromatic rings. The number of rotatable bonds is 6. The number of carboxylic acid groups (broad SMARTS) is 1. The predicted molar refractivity (Wildman–Crippen MR) is 56.5 cm³/mol. The van der Waals surface area contributed by atoms with Gasteiger partial charge in [-0.25, -0.2) is 0 Å². The Hall–Kier alpha value is -1.06. The standard InChI is InChI=1S/C11H19NO3/c1-11(7-4-8-11)12-9(13)5-2-3-6-10(14)15/h2-8H2,1H3,(H,12,13)(H,14,15). The number of carboxylic acids is 1. The van der Waals surface area contributed by atoms with Crippen molar-refractivity contribution < 1.29 is 14.7 Å². The maximum atomic E-state index is 11.4. The molecular weight excluding hydrogens is 194 g/mol. The molecule has 4 heteroatoms. The van der Waals surface area contributed by atoms with E-state index in [0.717, 1.165) is 12.8 Å². The smallest absolute Gasteiger partial charge is 0.303 e. The topological polar surface area (TPSA) is 66.4 Å². The summed E-state index contributed by atoms with van der Waals surface area (Å²) < 4.78 is 0. The molecular formula is C11H19NO3. The molecule has 15 heavy (non-hydrogen) atoms. The number of amides is 1. The van der Waals surface area contributed by atoms with Crippen molar-refractivity contribution in [1.82, 2.24) is 5.32 Å². The van der Waals surface area contributed by atoms with Crippen molar-refractivity contribution in [2.24, 2.45) is 0 Å². The molecule has 1 fully saturated rings. The summed E-state index contributed by atoms with van der Waals surface area (Å²) >= 11 is 0. The van der Waals surface area contributed by atoms with Crippen molar-refractivity contribution in [3.05, 3.63) is 0 Å². The van der Waals surface area contributed by atoms with Crippen LogP contribution in [0.4, 0.5) is 0 Å². The molecule has 1 saturated carbocycles. The zero-order valence-electron chi connectivity index (χ0n) is 9.21. The molecule has 0 aromatic carbocycles. The summed E-state index contributed by atoms with van der Waals surface area (Å²) in [6.45, 7) is 2.06. The Labute approximate surface area is 90.0 Å². The quantitative estimate of drug-likeness (QED) is 0.660. The number of carbonyl (C=O) groups is 2. The molecule has 2 N–H and O–H groups in total. The van der Waals surface area contributed by atoms with E-state index in [2.05, 4.69) is 12.2 Å². The molecule has 86 valence electrons. The number of hydrogen-bond acceptors (Lipinski definition) is 2. The van der Waals surface area contributed by atoms with Gasteiger partial charge in [-0.1, -0.05) is 0 Å². The third-order valence-corrected chi connectivity index (χ3v) is 2.94. The average molecular weight is 213 g/mol. The zero-order valence-corrected chi connectivity index (χ0v) is 9.21. The number of unbranched alkanes of at least 4 members (excludes halogenated alkanes) is 1. The Morgan fingerprint density at radius 1 is 1.27 bits per heavy atom. The first kappa shape index (κ1) is 12.0. The van der Waals surface area contributed by atoms with E-state index in [1.54, 1.807) is 0 Å². The van der Waals surface area contributed by atoms with Crippen LogP contribution in [0.5, 0.6) is 0 Å². The monoisotopic (exact) mass is 213 g/mol. The van der Waals surface area contributed by atoms with Gasteiger partial charge in [-0.3, -0.25) is 9.59 Å². The van der Waals surface area contributed by atoms with Gasteiger partial charge in [-0.15, -0.1) is 0 Å². The van der Waals surface area contributed by atoms with Gasteiger partial charge in [0.05, 0.1) is 0 Å². The Morgan fingerprint density at radius 2 is 1.87 bits per heavy atom. The van der Waals surface area contributed by atoms with Crippen LogP contribution in [0.3, 0.4) is 0 Å². The van der Waals surface area contributed by atoms with E-state index in [-0.39, 0.29) is 17.9 Å². The molecule has 0 saturated heterocycles. The van der Waals surface area contributed by atoms with Crippen LogP contribution in [0.15, 0.2) is 0 Å². The molecule has 1 aliphatic rings. The molecule has 4 nitrogen and oxygen atoms in total. The fourth-order valence-electron chi connectivity index (χ4n) is 1.79. The first-order valence-electron chi connectivity index (χ1n) is 5.55. The molecule has 1 aliphatic carbocycles. The van der Waals surface area contributed by atoms with E-state index < -0.39 is 5.97 Å². The van der Waals surface area contributed by atoms with Gasteiger partial charge in [0, 0.05) is 18.4 Å². The molecule has 0 heterocycles. The van der Waals surface area contributed by atoms with Gasteiger partial charge in [-0.2, -0.15) is 0 Å². The maximum Gasteiger partial charge on any atom is 0.303 e. The lowest BCUT2D eigenvalue weighted by Crippen LogP contribution is -2.50. The van der Waals surface area contributed by atoms with Gasteiger partial charge in [0.25, 0.3) is 0 Å². The fourth-order valence-corrected chi connectivity index (χ4v) is 1.79. The lowest BCUT2D eigenvalue weighted by Gasteiger charge is -2.39. The number of nitrogens with one attached hydrogen (secondary N) is 1. The van der Waals surface area contributed by atoms with Crippen LogP contribution >= 0.6 is 0 Å². The summed E-state index contributed by atoms with van der Waals surface area (Å²) in [4.78, 5) is 21.7. The second kappa shape index (κ2) is 5.14. The normalized spacial score (nSPS) is 17.9. The number of carbonyl (C=O) groups excluding carboxylic acids is 1. The average Bonchev–Trinajstić information content (AvgIpc) is 2.09. The summed E-state index contributed by atoms with van der Waals surface area (Å²) in [5.74, 6) is -0.732. The van der Waals surface area contributed by atoms with Crippen molar-refractivity contribution >= 4 is 11.9 Å². The summed E-state index contributed by atoms with van der Waals surface area (Å²) in [5.41, 5.74) is 0.0177. The first-order valence-corrected chi connectivity index (χ1v) is 5.55. The van der Waals surface area contributed by atoms with E-state index in [1.807, 2.05) is 0 Å². The van der Waals surface area contributed by atoms with Crippen molar-refractivity contribution in [2.45, 2.75) is 57.4 Å². The van der Waals surface area contributed by atoms with E-state index >= 15 is 0 Å². The molecule has 0 unspecified atom stereocenters. The minimum absolute atomic E-state index is 0.0177. The van der Waals surface area contributed by atoms with Gasteiger partial charge in [0.2, 0.25) is 5.91 Å². The SMILES string of the molecule is CC1(NC(=O)CCCCC(=O)O)CCC1. The van der Waals surface area contributed by atoms with Crippen molar-refractivity contribution in [1.29, 1.82) is 0 Å². The van der Waals surface area contributed by atoms with E-state index in [9.17, 15) is 9.59 Å². The molecule has 0 spiro atoms. The van der Waals surface area contributed by atoms with Gasteiger partial charge in [-0.05, 0) is 39.0 Å². The molecule has 0 bridgehead atoms. The van der Waals surface area contributed by atoms with E-state index in [0.29, 0.717) is 19.3 Å². The largest absolute Gasteiger partial charge is 0.481 e. The van der Waals surface area contributed by atoms with E-state index in [1.165, 1.54) is 6.42 Å². The van der Waals surface area contributed by atoms with Crippen LogP contribution in [0, 0.1) is 0 Å². The second-order valence-corrected chi connectivity index (χ2v) is 4.56. The summed E-state index contributed by atoms with van der Waals surface area (Å²) in [6.07, 6.45) is 5.17. The van der Waals surface area contributed by atoms with Gasteiger partial charge in [0.15, 0.2) is 0 Å². The van der Waals surface area contributed by atoms with Crippen LogP contribution in [0.25, 0.3) is 0 Å². The second-order valence-electron chi connectivity index (χ2n) is 4.56. The van der Waals surface area contributed by atoms with Crippen LogP contribution in [0.1, 0.15) is 51.9 Å². The highest BCUT2D eigenvalue weighted by Crippen LogP contribution is 2.30. The number of aliphatic carboxylic acids is 1. The molecule has 0 aliphatic heterocycles. The third-order valence-electron chi connectivity index (χ3n) is 2.94. The molecule has 0 radical (unpaired) electrons. The Bertz CT molecular complexity index is 246. The molecule has 1 amide bonds. The van der Waals surface area contributed by atoms with E-state index in [4.69, 9.17) is 5.11 Å². The van der Waals surface area contributed by atoms with Gasteiger partial charge < -0.3 is 10.4 Å². The van der Waals surface area contributed by atoms with Crippen LogP contribution < -0.4 is 5.32 Å². The molecule has 0 aromatic heterocycles. The van der Waals surface area contributed by atoms with Crippen molar-refractivity contribution in [3.8, 4) is 0 Å². The fraction of sp³-hybridized carbons (Fsp3) is 0.818. The van der Waals surface area contributed by atoms with Gasteiger partial charge in [0.1, 0.15) is 0 Å². The van der Waals surface area contributed by atoms with Crippen LogP contribution in [-0.2, 0) is 9.59 Å². The summed E-state index contributed by atoms with van der Waals surface area (Å²) in [5, 5.41) is 11.4. The highest BCUT2D eigenvalue weighted by Gasteiger charge is 2.32. The zero-order chi connectivity index (χ0) is 11.3. The first-order chi connectivity index (χ1) is 7.02. The van der Waals surface area contributed by atoms with Crippen molar-refractivity contribution in [3.63, 3.8) is 0 Å². The molecule has 0 atom stereocenters. The Balaban J connectivity index is 2.06. The highest BCUT2D eigenvalue weighted by molar-refractivity contribution is 5.76. The van der Waals surface area contributed by atoms with Crippen LogP contribution in [0.2, 0.25) is 0 Å².